The number of hydrogen-bond acceptors (Lipinski definition) is 4. The van der Waals surface area contributed by atoms with Gasteiger partial charge in [0.25, 0.3) is 5.91 Å². The Morgan fingerprint density at radius 1 is 1.43 bits per heavy atom. The van der Waals surface area contributed by atoms with E-state index in [0.29, 0.717) is 22.9 Å². The maximum absolute atomic E-state index is 12.4. The lowest BCUT2D eigenvalue weighted by Crippen LogP contribution is -2.23. The summed E-state index contributed by atoms with van der Waals surface area (Å²) < 4.78 is 3.40. The first-order valence-corrected chi connectivity index (χ1v) is 7.33. The average Bonchev–Trinajstić information content (AvgIpc) is 3.07. The lowest BCUT2D eigenvalue weighted by Gasteiger charge is -2.10. The summed E-state index contributed by atoms with van der Waals surface area (Å²) in [4.78, 5) is 31.9. The molecule has 8 heteroatoms. The summed E-state index contributed by atoms with van der Waals surface area (Å²) in [5.41, 5.74) is 0.253. The number of aromatic nitrogens is 5. The Kier molecular flexibility index (Phi) is 3.73. The van der Waals surface area contributed by atoms with E-state index in [9.17, 15) is 9.59 Å². The first kappa shape index (κ1) is 15.0. The molecule has 120 valence electrons. The fraction of sp³-hybridized carbons (Fsp3) is 0.333. The molecule has 3 aromatic heterocycles. The van der Waals surface area contributed by atoms with Crippen LogP contribution in [0, 0.1) is 5.92 Å². The third kappa shape index (κ3) is 2.75. The van der Waals surface area contributed by atoms with Crippen LogP contribution in [0.15, 0.2) is 29.6 Å². The molecule has 0 aliphatic heterocycles. The van der Waals surface area contributed by atoms with E-state index >= 15 is 0 Å². The monoisotopic (exact) mass is 314 g/mol. The highest BCUT2D eigenvalue weighted by Gasteiger charge is 2.17. The number of rotatable bonds is 4. The number of aromatic amines is 1. The van der Waals surface area contributed by atoms with E-state index in [0.717, 1.165) is 6.54 Å². The van der Waals surface area contributed by atoms with Crippen molar-refractivity contribution in [2.24, 2.45) is 13.0 Å². The van der Waals surface area contributed by atoms with E-state index in [2.05, 4.69) is 34.2 Å². The maximum atomic E-state index is 12.4. The Hall–Kier alpha value is -2.90. The number of H-pyrrole nitrogens is 1. The molecular formula is C15H18N6O2. The zero-order valence-corrected chi connectivity index (χ0v) is 13.2. The first-order chi connectivity index (χ1) is 11.0. The van der Waals surface area contributed by atoms with Gasteiger partial charge in [-0.15, -0.1) is 0 Å². The number of amides is 1. The van der Waals surface area contributed by atoms with Crippen LogP contribution in [0.4, 0.5) is 5.95 Å². The smallest absolute Gasteiger partial charge is 0.263 e. The van der Waals surface area contributed by atoms with Crippen molar-refractivity contribution in [3.8, 4) is 0 Å². The molecule has 23 heavy (non-hydrogen) atoms. The highest BCUT2D eigenvalue weighted by atomic mass is 16.2. The van der Waals surface area contributed by atoms with Gasteiger partial charge in [-0.05, 0) is 5.92 Å². The Morgan fingerprint density at radius 2 is 2.22 bits per heavy atom. The van der Waals surface area contributed by atoms with E-state index < -0.39 is 5.91 Å². The lowest BCUT2D eigenvalue weighted by molar-refractivity contribution is 0.102. The van der Waals surface area contributed by atoms with Crippen molar-refractivity contribution in [3.05, 3.63) is 40.6 Å². The van der Waals surface area contributed by atoms with Crippen LogP contribution in [0.3, 0.4) is 0 Å². The second kappa shape index (κ2) is 5.71. The molecule has 0 atom stereocenters. The lowest BCUT2D eigenvalue weighted by atomic mass is 10.2. The van der Waals surface area contributed by atoms with Gasteiger partial charge in [0.2, 0.25) is 11.4 Å². The summed E-state index contributed by atoms with van der Waals surface area (Å²) in [7, 11) is 1.72. The van der Waals surface area contributed by atoms with Gasteiger partial charge in [0, 0.05) is 32.2 Å². The minimum Gasteiger partial charge on any atom is -0.345 e. The summed E-state index contributed by atoms with van der Waals surface area (Å²) in [6.07, 6.45) is 6.26. The second-order valence-corrected chi connectivity index (χ2v) is 5.81. The summed E-state index contributed by atoms with van der Waals surface area (Å²) in [6, 6.07) is 0. The fourth-order valence-electron chi connectivity index (χ4n) is 2.44. The van der Waals surface area contributed by atoms with Gasteiger partial charge in [-0.2, -0.15) is 5.10 Å². The molecule has 0 fully saturated rings. The quantitative estimate of drug-likeness (QED) is 0.760. The summed E-state index contributed by atoms with van der Waals surface area (Å²) in [6.45, 7) is 4.88. The average molecular weight is 314 g/mol. The second-order valence-electron chi connectivity index (χ2n) is 5.81. The molecule has 0 bridgehead atoms. The van der Waals surface area contributed by atoms with Crippen LogP contribution in [0.2, 0.25) is 0 Å². The highest BCUT2D eigenvalue weighted by molar-refractivity contribution is 6.04. The number of nitrogens with one attached hydrogen (secondary N) is 2. The van der Waals surface area contributed by atoms with Gasteiger partial charge in [0.1, 0.15) is 11.2 Å². The van der Waals surface area contributed by atoms with Crippen LogP contribution in [-0.4, -0.2) is 30.2 Å². The standard InChI is InChI=1S/C15H18N6O2/c1-9(2)8-21-5-4-16-15(21)19-14(23)11-6-17-13-10(12(11)22)7-18-20(13)3/h4-7,9H,8H2,1-3H3,(H,17,22)(H,16,19,23). The van der Waals surface area contributed by atoms with E-state index in [4.69, 9.17) is 0 Å². The zero-order chi connectivity index (χ0) is 16.6. The molecule has 1 amide bonds. The van der Waals surface area contributed by atoms with Gasteiger partial charge < -0.3 is 9.55 Å². The van der Waals surface area contributed by atoms with Gasteiger partial charge in [-0.25, -0.2) is 4.98 Å². The Morgan fingerprint density at radius 3 is 2.96 bits per heavy atom. The van der Waals surface area contributed by atoms with Gasteiger partial charge >= 0.3 is 0 Å². The minimum absolute atomic E-state index is 0.0320. The predicted octanol–water partition coefficient (Wildman–Crippen LogP) is 1.37. The van der Waals surface area contributed by atoms with Crippen molar-refractivity contribution in [2.45, 2.75) is 20.4 Å². The number of carbonyl (C=O) groups excluding carboxylic acids is 1. The molecule has 0 radical (unpaired) electrons. The number of anilines is 1. The van der Waals surface area contributed by atoms with Crippen LogP contribution in [0.1, 0.15) is 24.2 Å². The number of nitrogens with zero attached hydrogens (tertiary/aromatic N) is 4. The molecule has 3 rings (SSSR count). The molecule has 3 heterocycles. The molecule has 2 N–H and O–H groups in total. The molecule has 0 aliphatic carbocycles. The molecule has 0 saturated heterocycles. The summed E-state index contributed by atoms with van der Waals surface area (Å²) in [5.74, 6) is 0.345. The highest BCUT2D eigenvalue weighted by Crippen LogP contribution is 2.11. The van der Waals surface area contributed by atoms with Crippen molar-refractivity contribution < 1.29 is 4.79 Å². The summed E-state index contributed by atoms with van der Waals surface area (Å²) >= 11 is 0. The Bertz CT molecular complexity index is 918. The molecule has 0 spiro atoms. The number of fused-ring (bicyclic) bond motifs is 1. The first-order valence-electron chi connectivity index (χ1n) is 7.33. The number of carbonyl (C=O) groups is 1. The van der Waals surface area contributed by atoms with Crippen molar-refractivity contribution in [2.75, 3.05) is 5.32 Å². The third-order valence-electron chi connectivity index (χ3n) is 3.53. The fourth-order valence-corrected chi connectivity index (χ4v) is 2.44. The molecular weight excluding hydrogens is 296 g/mol. The zero-order valence-electron chi connectivity index (χ0n) is 13.2. The van der Waals surface area contributed by atoms with Gasteiger partial charge in [-0.1, -0.05) is 13.8 Å². The van der Waals surface area contributed by atoms with Gasteiger partial charge in [-0.3, -0.25) is 19.6 Å². The Labute approximate surface area is 132 Å². The van der Waals surface area contributed by atoms with Crippen molar-refractivity contribution in [1.82, 2.24) is 24.3 Å². The van der Waals surface area contributed by atoms with E-state index in [-0.39, 0.29) is 11.0 Å². The molecule has 0 aliphatic rings. The molecule has 3 aromatic rings. The predicted molar refractivity (Wildman–Crippen MR) is 86.4 cm³/mol. The van der Waals surface area contributed by atoms with Crippen molar-refractivity contribution >= 4 is 22.9 Å². The van der Waals surface area contributed by atoms with Gasteiger partial charge in [0.15, 0.2) is 0 Å². The van der Waals surface area contributed by atoms with Crippen LogP contribution in [0.25, 0.3) is 11.0 Å². The maximum Gasteiger partial charge on any atom is 0.263 e. The molecule has 8 nitrogen and oxygen atoms in total. The largest absolute Gasteiger partial charge is 0.345 e. The van der Waals surface area contributed by atoms with Crippen LogP contribution in [-0.2, 0) is 13.6 Å². The van der Waals surface area contributed by atoms with Gasteiger partial charge in [0.05, 0.1) is 11.6 Å². The number of aryl methyl sites for hydroxylation is 1. The van der Waals surface area contributed by atoms with Crippen LogP contribution >= 0.6 is 0 Å². The van der Waals surface area contributed by atoms with Crippen molar-refractivity contribution in [3.63, 3.8) is 0 Å². The van der Waals surface area contributed by atoms with Crippen molar-refractivity contribution in [1.29, 1.82) is 0 Å². The summed E-state index contributed by atoms with van der Waals surface area (Å²) in [5, 5.41) is 7.09. The molecule has 0 saturated carbocycles. The minimum atomic E-state index is -0.492. The number of hydrogen-bond donors (Lipinski definition) is 2. The van der Waals surface area contributed by atoms with Crippen LogP contribution < -0.4 is 10.7 Å². The molecule has 0 aromatic carbocycles. The van der Waals surface area contributed by atoms with E-state index in [1.807, 2.05) is 4.57 Å². The van der Waals surface area contributed by atoms with E-state index in [1.165, 1.54) is 12.4 Å². The van der Waals surface area contributed by atoms with Crippen LogP contribution in [0.5, 0.6) is 0 Å². The topological polar surface area (TPSA) is 97.6 Å². The Balaban J connectivity index is 1.91. The molecule has 0 unspecified atom stereocenters. The number of imidazole rings is 1. The van der Waals surface area contributed by atoms with E-state index in [1.54, 1.807) is 24.1 Å². The third-order valence-corrected chi connectivity index (χ3v) is 3.53. The number of pyridine rings is 1. The SMILES string of the molecule is CC(C)Cn1ccnc1NC(=O)c1c[nH]c2c(cnn2C)c1=O. The normalized spacial score (nSPS) is 11.3.